The van der Waals surface area contributed by atoms with Gasteiger partial charge in [0.2, 0.25) is 10.0 Å². The Bertz CT molecular complexity index is 1220. The van der Waals surface area contributed by atoms with Gasteiger partial charge in [0.25, 0.3) is 5.91 Å². The van der Waals surface area contributed by atoms with Gasteiger partial charge in [0, 0.05) is 22.3 Å². The fourth-order valence-electron chi connectivity index (χ4n) is 2.68. The van der Waals surface area contributed by atoms with E-state index < -0.39 is 15.9 Å². The number of ether oxygens (including phenoxy) is 1. The Labute approximate surface area is 194 Å². The van der Waals surface area contributed by atoms with Crippen LogP contribution in [0.25, 0.3) is 10.1 Å². The lowest BCUT2D eigenvalue weighted by molar-refractivity contribution is 0.0982. The second-order valence-electron chi connectivity index (χ2n) is 6.44. The molecule has 164 valence electrons. The van der Waals surface area contributed by atoms with Crippen molar-refractivity contribution in [2.45, 2.75) is 18.2 Å². The lowest BCUT2D eigenvalue weighted by atomic mass is 10.2. The summed E-state index contributed by atoms with van der Waals surface area (Å²) >= 11 is 12.8. The summed E-state index contributed by atoms with van der Waals surface area (Å²) in [4.78, 5) is 13.1. The van der Waals surface area contributed by atoms with Crippen molar-refractivity contribution in [1.29, 1.82) is 0 Å². The molecule has 1 amide bonds. The highest BCUT2D eigenvalue weighted by molar-refractivity contribution is 7.89. The van der Waals surface area contributed by atoms with Gasteiger partial charge in [-0.25, -0.2) is 13.1 Å². The molecule has 0 spiro atoms. The average Bonchev–Trinajstić information content (AvgIpc) is 3.08. The van der Waals surface area contributed by atoms with Crippen LogP contribution in [0.5, 0.6) is 5.75 Å². The maximum atomic E-state index is 12.6. The highest BCUT2D eigenvalue weighted by atomic mass is 35.5. The lowest BCUT2D eigenvalue weighted by Gasteiger charge is -2.10. The fourth-order valence-corrected chi connectivity index (χ4v) is 5.46. The van der Waals surface area contributed by atoms with Crippen LogP contribution < -0.4 is 20.1 Å². The molecule has 0 aliphatic rings. The third kappa shape index (κ3) is 5.52. The average molecular weight is 498 g/mol. The molecule has 0 fully saturated rings. The summed E-state index contributed by atoms with van der Waals surface area (Å²) < 4.78 is 32.8. The number of halogens is 1. The van der Waals surface area contributed by atoms with Crippen molar-refractivity contribution in [1.82, 2.24) is 10.0 Å². The second-order valence-corrected chi connectivity index (χ2v) is 10.0. The minimum Gasteiger partial charge on any atom is -0.497 e. The standard InChI is InChI=1S/C20H20ClN3O4S3/c1-3-10-22-31(26,27)14-7-4-12(5-8-14)23-20(29)24-19(25)18-17(21)15-9-6-13(28-2)11-16(15)30-18/h4-9,11,22H,3,10H2,1-2H3,(H2,23,24,25,29). The number of benzene rings is 2. The first-order valence-corrected chi connectivity index (χ1v) is 12.3. The predicted molar refractivity (Wildman–Crippen MR) is 129 cm³/mol. The molecule has 31 heavy (non-hydrogen) atoms. The molecule has 0 atom stereocenters. The maximum Gasteiger partial charge on any atom is 0.269 e. The zero-order valence-corrected chi connectivity index (χ0v) is 19.9. The van der Waals surface area contributed by atoms with E-state index in [0.717, 1.165) is 10.1 Å². The van der Waals surface area contributed by atoms with Crippen molar-refractivity contribution < 1.29 is 17.9 Å². The van der Waals surface area contributed by atoms with Gasteiger partial charge < -0.3 is 10.1 Å². The van der Waals surface area contributed by atoms with E-state index in [9.17, 15) is 13.2 Å². The van der Waals surface area contributed by atoms with Crippen molar-refractivity contribution in [3.8, 4) is 5.75 Å². The molecule has 3 rings (SSSR count). The van der Waals surface area contributed by atoms with Crippen molar-refractivity contribution in [3.63, 3.8) is 0 Å². The number of carbonyl (C=O) groups is 1. The van der Waals surface area contributed by atoms with Gasteiger partial charge in [-0.2, -0.15) is 0 Å². The molecule has 0 saturated carbocycles. The number of amides is 1. The van der Waals surface area contributed by atoms with Crippen LogP contribution in [0.3, 0.4) is 0 Å². The van der Waals surface area contributed by atoms with Crippen LogP contribution in [0.1, 0.15) is 23.0 Å². The maximum absolute atomic E-state index is 12.6. The summed E-state index contributed by atoms with van der Waals surface area (Å²) in [5.41, 5.74) is 0.534. The number of carbonyl (C=O) groups excluding carboxylic acids is 1. The van der Waals surface area contributed by atoms with E-state index in [-0.39, 0.29) is 10.0 Å². The summed E-state index contributed by atoms with van der Waals surface area (Å²) in [5.74, 6) is 0.232. The van der Waals surface area contributed by atoms with Gasteiger partial charge in [-0.1, -0.05) is 18.5 Å². The highest BCUT2D eigenvalue weighted by Crippen LogP contribution is 2.37. The van der Waals surface area contributed by atoms with E-state index in [1.165, 1.54) is 23.5 Å². The number of sulfonamides is 1. The number of methoxy groups -OCH3 is 1. The first-order chi connectivity index (χ1) is 14.7. The molecule has 1 heterocycles. The van der Waals surface area contributed by atoms with Gasteiger partial charge >= 0.3 is 0 Å². The first kappa shape index (κ1) is 23.4. The molecule has 0 saturated heterocycles. The van der Waals surface area contributed by atoms with E-state index in [1.54, 1.807) is 31.4 Å². The minimum atomic E-state index is -3.55. The summed E-state index contributed by atoms with van der Waals surface area (Å²) in [5, 5.41) is 6.62. The monoisotopic (exact) mass is 497 g/mol. The first-order valence-electron chi connectivity index (χ1n) is 9.23. The second kappa shape index (κ2) is 9.92. The smallest absolute Gasteiger partial charge is 0.269 e. The number of rotatable bonds is 7. The molecule has 0 aliphatic carbocycles. The van der Waals surface area contributed by atoms with Crippen LogP contribution in [-0.4, -0.2) is 33.1 Å². The Kier molecular flexibility index (Phi) is 7.50. The fraction of sp³-hybridized carbons (Fsp3) is 0.200. The Morgan fingerprint density at radius 1 is 1.19 bits per heavy atom. The van der Waals surface area contributed by atoms with Gasteiger partial charge in [0.05, 0.1) is 17.0 Å². The third-order valence-electron chi connectivity index (χ3n) is 4.23. The highest BCUT2D eigenvalue weighted by Gasteiger charge is 2.19. The molecule has 2 aromatic carbocycles. The van der Waals surface area contributed by atoms with Gasteiger partial charge in [-0.3, -0.25) is 10.1 Å². The van der Waals surface area contributed by atoms with Crippen molar-refractivity contribution in [2.24, 2.45) is 0 Å². The predicted octanol–water partition coefficient (Wildman–Crippen LogP) is 4.38. The van der Waals surface area contributed by atoms with Crippen molar-refractivity contribution in [3.05, 3.63) is 52.4 Å². The molecule has 3 aromatic rings. The van der Waals surface area contributed by atoms with Crippen molar-refractivity contribution >= 4 is 72.0 Å². The summed E-state index contributed by atoms with van der Waals surface area (Å²) in [6, 6.07) is 11.4. The number of hydrogen-bond donors (Lipinski definition) is 3. The number of thiophene rings is 1. The molecule has 11 heteroatoms. The van der Waals surface area contributed by atoms with Crippen LogP contribution in [0.4, 0.5) is 5.69 Å². The van der Waals surface area contributed by atoms with Gasteiger partial charge in [-0.05, 0) is 61.1 Å². The van der Waals surface area contributed by atoms with E-state index in [2.05, 4.69) is 15.4 Å². The molecular formula is C20H20ClN3O4S3. The van der Waals surface area contributed by atoms with E-state index >= 15 is 0 Å². The molecule has 3 N–H and O–H groups in total. The van der Waals surface area contributed by atoms with Crippen molar-refractivity contribution in [2.75, 3.05) is 19.0 Å². The number of hydrogen-bond acceptors (Lipinski definition) is 6. The van der Waals surface area contributed by atoms with Crippen LogP contribution in [0, 0.1) is 0 Å². The lowest BCUT2D eigenvalue weighted by Crippen LogP contribution is -2.33. The number of thiocarbonyl (C=S) groups is 1. The zero-order chi connectivity index (χ0) is 22.6. The summed E-state index contributed by atoms with van der Waals surface area (Å²) in [7, 11) is -1.98. The van der Waals surface area contributed by atoms with Crippen LogP contribution in [-0.2, 0) is 10.0 Å². The molecule has 0 unspecified atom stereocenters. The molecule has 0 radical (unpaired) electrons. The third-order valence-corrected chi connectivity index (χ3v) is 7.57. The summed E-state index contributed by atoms with van der Waals surface area (Å²) in [6.07, 6.45) is 0.699. The number of fused-ring (bicyclic) bond motifs is 1. The normalized spacial score (nSPS) is 11.3. The molecule has 7 nitrogen and oxygen atoms in total. The van der Waals surface area contributed by atoms with Gasteiger partial charge in [0.1, 0.15) is 10.6 Å². The largest absolute Gasteiger partial charge is 0.497 e. The number of anilines is 1. The Hall–Kier alpha value is -2.24. The topological polar surface area (TPSA) is 96.5 Å². The van der Waals surface area contributed by atoms with Crippen LogP contribution in [0.15, 0.2) is 47.4 Å². The molecule has 1 aromatic heterocycles. The van der Waals surface area contributed by atoms with Gasteiger partial charge in [-0.15, -0.1) is 11.3 Å². The van der Waals surface area contributed by atoms with Crippen LogP contribution >= 0.6 is 35.2 Å². The molecular weight excluding hydrogens is 478 g/mol. The Balaban J connectivity index is 1.67. The van der Waals surface area contributed by atoms with E-state index in [0.29, 0.717) is 34.3 Å². The Morgan fingerprint density at radius 3 is 2.55 bits per heavy atom. The van der Waals surface area contributed by atoms with Crippen LogP contribution in [0.2, 0.25) is 5.02 Å². The molecule has 0 aliphatic heterocycles. The zero-order valence-electron chi connectivity index (χ0n) is 16.7. The summed E-state index contributed by atoms with van der Waals surface area (Å²) in [6.45, 7) is 2.25. The number of nitrogens with one attached hydrogen (secondary N) is 3. The molecule has 0 bridgehead atoms. The van der Waals surface area contributed by atoms with E-state index in [4.69, 9.17) is 28.6 Å². The quantitative estimate of drug-likeness (QED) is 0.419. The SMILES string of the molecule is CCCNS(=O)(=O)c1ccc(NC(=S)NC(=O)c2sc3cc(OC)ccc3c2Cl)cc1. The van der Waals surface area contributed by atoms with E-state index in [1.807, 2.05) is 13.0 Å². The Morgan fingerprint density at radius 2 is 1.90 bits per heavy atom. The van der Waals surface area contributed by atoms with Gasteiger partial charge in [0.15, 0.2) is 5.11 Å². The minimum absolute atomic E-state index is 0.0656.